The molecule has 3 aromatic heterocycles. The molecule has 9 heteroatoms. The van der Waals surface area contributed by atoms with Crippen LogP contribution in [0, 0.1) is 0 Å². The zero-order valence-electron chi connectivity index (χ0n) is 19.0. The molecule has 0 aliphatic carbocycles. The van der Waals surface area contributed by atoms with Gasteiger partial charge >= 0.3 is 0 Å². The average Bonchev–Trinajstić information content (AvgIpc) is 3.31. The molecule has 32 heavy (non-hydrogen) atoms. The highest BCUT2D eigenvalue weighted by molar-refractivity contribution is 5.79. The molecule has 1 saturated heterocycles. The highest BCUT2D eigenvalue weighted by Gasteiger charge is 2.39. The number of hydrogen-bond acceptors (Lipinski definition) is 7. The molecule has 0 atom stereocenters. The number of aryl methyl sites for hydroxylation is 1. The van der Waals surface area contributed by atoms with Crippen LogP contribution in [0.4, 0.5) is 0 Å². The molecular formula is C23H28N8O. The number of fused-ring (bicyclic) bond motifs is 1. The summed E-state index contributed by atoms with van der Waals surface area (Å²) in [4.78, 5) is 0. The SMILES string of the molecule is Cn1ccc(-c2ccc(-c3cc4nnn(C5CC(C)(C)NC(C)(C)C5)c4nn3)c(O)c2)n1. The predicted molar refractivity (Wildman–Crippen MR) is 122 cm³/mol. The second-order valence-electron chi connectivity index (χ2n) is 10.0. The summed E-state index contributed by atoms with van der Waals surface area (Å²) in [7, 11) is 1.86. The molecule has 9 nitrogen and oxygen atoms in total. The van der Waals surface area contributed by atoms with E-state index in [1.54, 1.807) is 10.7 Å². The van der Waals surface area contributed by atoms with Crippen LogP contribution in [-0.2, 0) is 7.05 Å². The van der Waals surface area contributed by atoms with E-state index in [1.807, 2.05) is 42.2 Å². The Balaban J connectivity index is 1.48. The van der Waals surface area contributed by atoms with E-state index in [-0.39, 0.29) is 22.9 Å². The number of aromatic nitrogens is 7. The minimum Gasteiger partial charge on any atom is -0.507 e. The van der Waals surface area contributed by atoms with Crippen LogP contribution in [0.1, 0.15) is 46.6 Å². The highest BCUT2D eigenvalue weighted by Crippen LogP contribution is 2.37. The van der Waals surface area contributed by atoms with Crippen molar-refractivity contribution in [1.82, 2.24) is 40.3 Å². The van der Waals surface area contributed by atoms with Crippen LogP contribution in [0.5, 0.6) is 5.75 Å². The Bertz CT molecular complexity index is 1290. The molecule has 0 bridgehead atoms. The number of nitrogens with zero attached hydrogens (tertiary/aromatic N) is 7. The quantitative estimate of drug-likeness (QED) is 0.510. The molecule has 0 unspecified atom stereocenters. The number of aromatic hydroxyl groups is 1. The smallest absolute Gasteiger partial charge is 0.201 e. The van der Waals surface area contributed by atoms with Crippen molar-refractivity contribution in [1.29, 1.82) is 0 Å². The number of phenolic OH excluding ortho intramolecular Hbond substituents is 1. The molecule has 1 aliphatic rings. The third kappa shape index (κ3) is 3.73. The van der Waals surface area contributed by atoms with E-state index in [4.69, 9.17) is 0 Å². The van der Waals surface area contributed by atoms with Crippen LogP contribution in [-0.4, -0.2) is 51.2 Å². The van der Waals surface area contributed by atoms with Gasteiger partial charge in [-0.1, -0.05) is 11.3 Å². The van der Waals surface area contributed by atoms with Crippen molar-refractivity contribution in [2.24, 2.45) is 7.05 Å². The van der Waals surface area contributed by atoms with Crippen LogP contribution in [0.2, 0.25) is 0 Å². The zero-order chi connectivity index (χ0) is 22.7. The van der Waals surface area contributed by atoms with Crippen LogP contribution in [0.3, 0.4) is 0 Å². The Morgan fingerprint density at radius 3 is 2.38 bits per heavy atom. The van der Waals surface area contributed by atoms with E-state index in [0.29, 0.717) is 22.4 Å². The highest BCUT2D eigenvalue weighted by atomic mass is 16.3. The van der Waals surface area contributed by atoms with Gasteiger partial charge in [0.2, 0.25) is 5.65 Å². The first-order valence-electron chi connectivity index (χ1n) is 10.8. The van der Waals surface area contributed by atoms with E-state index < -0.39 is 0 Å². The van der Waals surface area contributed by atoms with E-state index in [9.17, 15) is 5.11 Å². The molecule has 0 spiro atoms. The van der Waals surface area contributed by atoms with E-state index in [1.165, 1.54) is 0 Å². The Morgan fingerprint density at radius 1 is 0.969 bits per heavy atom. The Hall–Kier alpha value is -3.33. The first kappa shape index (κ1) is 20.6. The molecule has 1 aliphatic heterocycles. The van der Waals surface area contributed by atoms with E-state index in [0.717, 1.165) is 24.1 Å². The fourth-order valence-corrected chi connectivity index (χ4v) is 5.05. The third-order valence-electron chi connectivity index (χ3n) is 6.02. The van der Waals surface area contributed by atoms with Gasteiger partial charge in [-0.15, -0.1) is 15.3 Å². The largest absolute Gasteiger partial charge is 0.507 e. The van der Waals surface area contributed by atoms with Gasteiger partial charge in [-0.3, -0.25) is 4.68 Å². The van der Waals surface area contributed by atoms with Crippen molar-refractivity contribution in [3.63, 3.8) is 0 Å². The molecular weight excluding hydrogens is 404 g/mol. The summed E-state index contributed by atoms with van der Waals surface area (Å²) >= 11 is 0. The monoisotopic (exact) mass is 432 g/mol. The van der Waals surface area contributed by atoms with Crippen molar-refractivity contribution in [2.45, 2.75) is 57.7 Å². The van der Waals surface area contributed by atoms with E-state index >= 15 is 0 Å². The van der Waals surface area contributed by atoms with E-state index in [2.05, 4.69) is 58.6 Å². The van der Waals surface area contributed by atoms with Crippen molar-refractivity contribution in [3.05, 3.63) is 36.5 Å². The molecule has 0 radical (unpaired) electrons. The summed E-state index contributed by atoms with van der Waals surface area (Å²) in [5.41, 5.74) is 4.08. The van der Waals surface area contributed by atoms with Gasteiger partial charge in [-0.05, 0) is 64.8 Å². The number of hydrogen-bond donors (Lipinski definition) is 2. The van der Waals surface area contributed by atoms with Gasteiger partial charge in [0.05, 0.1) is 17.4 Å². The van der Waals surface area contributed by atoms with Gasteiger partial charge in [0.25, 0.3) is 0 Å². The molecule has 4 aromatic rings. The lowest BCUT2D eigenvalue weighted by atomic mass is 9.80. The van der Waals surface area contributed by atoms with Crippen LogP contribution in [0.15, 0.2) is 36.5 Å². The summed E-state index contributed by atoms with van der Waals surface area (Å²) in [6.45, 7) is 8.84. The maximum atomic E-state index is 10.7. The molecule has 4 heterocycles. The zero-order valence-corrected chi connectivity index (χ0v) is 19.0. The number of piperidine rings is 1. The first-order chi connectivity index (χ1) is 15.1. The Kier molecular flexibility index (Phi) is 4.56. The lowest BCUT2D eigenvalue weighted by Crippen LogP contribution is -2.58. The minimum absolute atomic E-state index is 0.0147. The summed E-state index contributed by atoms with van der Waals surface area (Å²) in [6.07, 6.45) is 3.72. The summed E-state index contributed by atoms with van der Waals surface area (Å²) in [5, 5.41) is 36.4. The summed E-state index contributed by atoms with van der Waals surface area (Å²) < 4.78 is 3.63. The maximum absolute atomic E-state index is 10.7. The molecule has 5 rings (SSSR count). The number of nitrogens with one attached hydrogen (secondary N) is 1. The van der Waals surface area contributed by atoms with Crippen LogP contribution in [0.25, 0.3) is 33.7 Å². The van der Waals surface area contributed by atoms with Crippen LogP contribution >= 0.6 is 0 Å². The summed E-state index contributed by atoms with van der Waals surface area (Å²) in [5.74, 6) is 0.121. The minimum atomic E-state index is -0.0147. The maximum Gasteiger partial charge on any atom is 0.201 e. The normalized spacial score (nSPS) is 18.3. The van der Waals surface area contributed by atoms with Crippen molar-refractivity contribution >= 4 is 11.2 Å². The standard InChI is InChI=1S/C23H28N8O/c1-22(2)12-15(13-23(3,4)28-22)31-21-19(25-29-31)11-18(24-26-21)16-7-6-14(10-20(16)32)17-8-9-30(5)27-17/h6-11,15,28,32H,12-13H2,1-5H3. The topological polar surface area (TPSA) is 107 Å². The van der Waals surface area contributed by atoms with Gasteiger partial charge in [0.15, 0.2) is 0 Å². The second-order valence-corrected chi connectivity index (χ2v) is 10.0. The lowest BCUT2D eigenvalue weighted by molar-refractivity contribution is 0.127. The van der Waals surface area contributed by atoms with Crippen molar-refractivity contribution in [2.75, 3.05) is 0 Å². The van der Waals surface area contributed by atoms with Gasteiger partial charge in [0, 0.05) is 35.4 Å². The van der Waals surface area contributed by atoms with Crippen molar-refractivity contribution in [3.8, 4) is 28.3 Å². The van der Waals surface area contributed by atoms with Crippen LogP contribution < -0.4 is 5.32 Å². The number of phenols is 1. The Morgan fingerprint density at radius 2 is 1.72 bits per heavy atom. The fraction of sp³-hybridized carbons (Fsp3) is 0.435. The molecule has 0 amide bonds. The molecule has 166 valence electrons. The first-order valence-corrected chi connectivity index (χ1v) is 10.8. The average molecular weight is 433 g/mol. The molecule has 1 aromatic carbocycles. The fourth-order valence-electron chi connectivity index (χ4n) is 5.05. The van der Waals surface area contributed by atoms with Gasteiger partial charge < -0.3 is 10.4 Å². The van der Waals surface area contributed by atoms with Gasteiger partial charge in [-0.25, -0.2) is 4.68 Å². The van der Waals surface area contributed by atoms with Crippen molar-refractivity contribution < 1.29 is 5.11 Å². The summed E-state index contributed by atoms with van der Waals surface area (Å²) in [6, 6.07) is 9.36. The molecule has 0 saturated carbocycles. The number of rotatable bonds is 3. The third-order valence-corrected chi connectivity index (χ3v) is 6.02. The second kappa shape index (κ2) is 7.09. The molecule has 1 fully saturated rings. The number of benzene rings is 1. The molecule has 2 N–H and O–H groups in total. The van der Waals surface area contributed by atoms with Gasteiger partial charge in [0.1, 0.15) is 11.3 Å². The van der Waals surface area contributed by atoms with Gasteiger partial charge in [-0.2, -0.15) is 5.10 Å². The Labute approximate surface area is 186 Å². The predicted octanol–water partition coefficient (Wildman–Crippen LogP) is 3.48. The lowest BCUT2D eigenvalue weighted by Gasteiger charge is -2.46.